The van der Waals surface area contributed by atoms with E-state index in [0.717, 1.165) is 35.4 Å². The Bertz CT molecular complexity index is 1560. The Kier molecular flexibility index (Phi) is 9.84. The summed E-state index contributed by atoms with van der Waals surface area (Å²) in [6, 6.07) is 15.0. The van der Waals surface area contributed by atoms with Gasteiger partial charge in [-0.3, -0.25) is 14.5 Å². The summed E-state index contributed by atoms with van der Waals surface area (Å²) in [5.41, 5.74) is 3.45. The van der Waals surface area contributed by atoms with Gasteiger partial charge in [-0.05, 0) is 79.6 Å². The maximum Gasteiger partial charge on any atom is 0.280 e. The van der Waals surface area contributed by atoms with Crippen LogP contribution in [0.4, 0.5) is 8.78 Å². The van der Waals surface area contributed by atoms with E-state index in [1.807, 2.05) is 36.1 Å². The fourth-order valence-electron chi connectivity index (χ4n) is 6.62. The molecule has 3 fully saturated rings. The molecule has 0 spiro atoms. The van der Waals surface area contributed by atoms with E-state index in [1.165, 1.54) is 0 Å². The molecule has 3 aliphatic rings. The summed E-state index contributed by atoms with van der Waals surface area (Å²) in [7, 11) is 0. The zero-order valence-corrected chi connectivity index (χ0v) is 27.3. The lowest BCUT2D eigenvalue weighted by Gasteiger charge is -2.43. The van der Waals surface area contributed by atoms with Crippen molar-refractivity contribution in [2.24, 2.45) is 5.92 Å². The van der Waals surface area contributed by atoms with Crippen molar-refractivity contribution in [2.45, 2.75) is 76.9 Å². The van der Waals surface area contributed by atoms with Crippen molar-refractivity contribution in [1.29, 1.82) is 0 Å². The van der Waals surface area contributed by atoms with Crippen LogP contribution in [-0.2, 0) is 16.1 Å². The molecule has 2 unspecified atom stereocenters. The second-order valence-electron chi connectivity index (χ2n) is 13.4. The first-order valence-corrected chi connectivity index (χ1v) is 16.6. The first kappa shape index (κ1) is 33.0. The summed E-state index contributed by atoms with van der Waals surface area (Å²) in [5.74, 6) is -2.15. The van der Waals surface area contributed by atoms with Crippen LogP contribution in [0.2, 0.25) is 0 Å². The van der Waals surface area contributed by atoms with Gasteiger partial charge >= 0.3 is 0 Å². The summed E-state index contributed by atoms with van der Waals surface area (Å²) in [6.07, 6.45) is 2.13. The number of rotatable bonds is 9. The average Bonchev–Trinajstić information content (AvgIpc) is 3.39. The van der Waals surface area contributed by atoms with Crippen molar-refractivity contribution in [3.05, 3.63) is 71.4 Å². The number of likely N-dealkylation sites (tertiary alicyclic amines) is 2. The minimum Gasteiger partial charge on any atom is -0.457 e. The van der Waals surface area contributed by atoms with Crippen LogP contribution in [0.1, 0.15) is 74.0 Å². The van der Waals surface area contributed by atoms with E-state index in [9.17, 15) is 9.59 Å². The lowest BCUT2D eigenvalue weighted by atomic mass is 9.96. The lowest BCUT2D eigenvalue weighted by Crippen LogP contribution is -2.60. The molecule has 6 rings (SSSR count). The van der Waals surface area contributed by atoms with Gasteiger partial charge in [-0.15, -0.1) is 0 Å². The highest BCUT2D eigenvalue weighted by Gasteiger charge is 2.47. The van der Waals surface area contributed by atoms with E-state index >= 15 is 8.78 Å². The molecule has 1 aromatic heterocycles. The Morgan fingerprint density at radius 1 is 1.06 bits per heavy atom. The highest BCUT2D eigenvalue weighted by molar-refractivity contribution is 5.95. The standard InChI is InChI=1S/C36H43F2N5O4/c1-23(2)30-10-11-31(41-40-30)25-6-8-29(9-7-25)47-32-19-26(4-5-27(32)21-43-20-24(3)18-34(43)44)35(45)39-33-12-15-42(22-36(33,37)38)28-13-16-46-17-14-28/h4-11,19,23-24,28,33H,12-18,20-22H2,1-3H3,(H,39,45). The number of halogens is 2. The number of hydrogen-bond acceptors (Lipinski definition) is 7. The number of nitrogens with one attached hydrogen (secondary N) is 1. The van der Waals surface area contributed by atoms with E-state index in [0.29, 0.717) is 50.8 Å². The molecule has 4 heterocycles. The van der Waals surface area contributed by atoms with E-state index in [2.05, 4.69) is 29.4 Å². The van der Waals surface area contributed by atoms with Gasteiger partial charge in [-0.25, -0.2) is 8.78 Å². The van der Waals surface area contributed by atoms with Crippen LogP contribution < -0.4 is 10.1 Å². The van der Waals surface area contributed by atoms with Gasteiger partial charge in [0.2, 0.25) is 5.91 Å². The van der Waals surface area contributed by atoms with E-state index in [-0.39, 0.29) is 42.3 Å². The maximum absolute atomic E-state index is 15.3. The van der Waals surface area contributed by atoms with E-state index < -0.39 is 17.9 Å². The average molecular weight is 648 g/mol. The number of alkyl halides is 2. The number of carbonyl (C=O) groups is 2. The zero-order chi connectivity index (χ0) is 33.1. The molecule has 2 amide bonds. The zero-order valence-electron chi connectivity index (χ0n) is 27.3. The number of aromatic nitrogens is 2. The van der Waals surface area contributed by atoms with E-state index in [1.54, 1.807) is 35.2 Å². The molecule has 1 N–H and O–H groups in total. The number of piperidine rings is 1. The Hall–Kier alpha value is -3.96. The van der Waals surface area contributed by atoms with E-state index in [4.69, 9.17) is 9.47 Å². The maximum atomic E-state index is 15.3. The second kappa shape index (κ2) is 14.0. The number of carbonyl (C=O) groups excluding carboxylic acids is 2. The first-order valence-electron chi connectivity index (χ1n) is 16.6. The van der Waals surface area contributed by atoms with Crippen molar-refractivity contribution in [1.82, 2.24) is 25.3 Å². The summed E-state index contributed by atoms with van der Waals surface area (Å²) in [4.78, 5) is 29.6. The molecule has 3 saturated heterocycles. The predicted molar refractivity (Wildman–Crippen MR) is 174 cm³/mol. The van der Waals surface area contributed by atoms with Gasteiger partial charge in [0.15, 0.2) is 0 Å². The third kappa shape index (κ3) is 7.79. The molecule has 9 nitrogen and oxygen atoms in total. The molecule has 3 aliphatic heterocycles. The van der Waals surface area contributed by atoms with Crippen LogP contribution in [0.3, 0.4) is 0 Å². The molecule has 0 bridgehead atoms. The van der Waals surface area contributed by atoms with Crippen molar-refractivity contribution < 1.29 is 27.8 Å². The fraction of sp³-hybridized carbons (Fsp3) is 0.500. The van der Waals surface area contributed by atoms with Crippen LogP contribution in [0, 0.1) is 5.92 Å². The summed E-state index contributed by atoms with van der Waals surface area (Å²) in [5, 5.41) is 11.3. The second-order valence-corrected chi connectivity index (χ2v) is 13.4. The van der Waals surface area contributed by atoms with Crippen molar-refractivity contribution >= 4 is 11.8 Å². The predicted octanol–water partition coefficient (Wildman–Crippen LogP) is 6.05. The number of ether oxygens (including phenoxy) is 2. The lowest BCUT2D eigenvalue weighted by molar-refractivity contribution is -0.128. The topological polar surface area (TPSA) is 96.9 Å². The fourth-order valence-corrected chi connectivity index (χ4v) is 6.62. The first-order chi connectivity index (χ1) is 22.6. The van der Waals surface area contributed by atoms with Crippen molar-refractivity contribution in [3.63, 3.8) is 0 Å². The minimum atomic E-state index is -3.07. The van der Waals surface area contributed by atoms with Crippen LogP contribution in [0.5, 0.6) is 11.5 Å². The molecule has 0 saturated carbocycles. The largest absolute Gasteiger partial charge is 0.457 e. The Morgan fingerprint density at radius 3 is 2.47 bits per heavy atom. The van der Waals surface area contributed by atoms with Crippen LogP contribution in [-0.4, -0.2) is 82.7 Å². The van der Waals surface area contributed by atoms with Crippen LogP contribution in [0.25, 0.3) is 11.3 Å². The smallest absolute Gasteiger partial charge is 0.280 e. The van der Waals surface area contributed by atoms with Gasteiger partial charge in [0, 0.05) is 62.0 Å². The third-order valence-electron chi connectivity index (χ3n) is 9.39. The van der Waals surface area contributed by atoms with Gasteiger partial charge in [0.05, 0.1) is 24.0 Å². The molecular weight excluding hydrogens is 604 g/mol. The van der Waals surface area contributed by atoms with Gasteiger partial charge in [0.1, 0.15) is 11.5 Å². The molecule has 0 aliphatic carbocycles. The monoisotopic (exact) mass is 647 g/mol. The van der Waals surface area contributed by atoms with Gasteiger partial charge < -0.3 is 19.7 Å². The highest BCUT2D eigenvalue weighted by atomic mass is 19.3. The summed E-state index contributed by atoms with van der Waals surface area (Å²) < 4.78 is 42.4. The van der Waals surface area contributed by atoms with Crippen LogP contribution >= 0.6 is 0 Å². The molecule has 47 heavy (non-hydrogen) atoms. The van der Waals surface area contributed by atoms with Gasteiger partial charge in [-0.1, -0.05) is 26.8 Å². The molecule has 2 aromatic carbocycles. The normalized spacial score (nSPS) is 22.1. The Labute approximate surface area is 274 Å². The molecular formula is C36H43F2N5O4. The van der Waals surface area contributed by atoms with Gasteiger partial charge in [0.25, 0.3) is 11.8 Å². The molecule has 2 atom stereocenters. The number of benzene rings is 2. The number of hydrogen-bond donors (Lipinski definition) is 1. The molecule has 250 valence electrons. The highest BCUT2D eigenvalue weighted by Crippen LogP contribution is 2.33. The quantitative estimate of drug-likeness (QED) is 0.302. The molecule has 3 aromatic rings. The summed E-state index contributed by atoms with van der Waals surface area (Å²) >= 11 is 0. The minimum absolute atomic E-state index is 0.0635. The van der Waals surface area contributed by atoms with Crippen molar-refractivity contribution in [3.8, 4) is 22.8 Å². The third-order valence-corrected chi connectivity index (χ3v) is 9.39. The Balaban J connectivity index is 1.19. The van der Waals surface area contributed by atoms with Crippen LogP contribution in [0.15, 0.2) is 54.6 Å². The molecule has 11 heteroatoms. The van der Waals surface area contributed by atoms with Gasteiger partial charge in [-0.2, -0.15) is 10.2 Å². The molecule has 0 radical (unpaired) electrons. The van der Waals surface area contributed by atoms with Crippen molar-refractivity contribution in [2.75, 3.05) is 32.8 Å². The SMILES string of the molecule is CC1CC(=O)N(Cc2ccc(C(=O)NC3CCN(C4CCOCC4)CC3(F)F)cc2Oc2ccc(-c3ccc(C(C)C)nn3)cc2)C1. The Morgan fingerprint density at radius 2 is 1.83 bits per heavy atom. The number of nitrogens with zero attached hydrogens (tertiary/aromatic N) is 4. The number of amides is 2. The summed E-state index contributed by atoms with van der Waals surface area (Å²) in [6.45, 7) is 8.39.